The molecule has 5 aromatic rings. The summed E-state index contributed by atoms with van der Waals surface area (Å²) in [5, 5.41) is 4.72. The molecule has 1 aromatic heterocycles. The molecule has 0 bridgehead atoms. The van der Waals surface area contributed by atoms with Crippen LogP contribution in [0.1, 0.15) is 0 Å². The van der Waals surface area contributed by atoms with E-state index in [0.29, 0.717) is 0 Å². The molecule has 0 aliphatic carbocycles. The maximum atomic E-state index is 6.35. The van der Waals surface area contributed by atoms with Gasteiger partial charge in [-0.1, -0.05) is 72.2 Å². The largest absolute Gasteiger partial charge is 0.309 e. The van der Waals surface area contributed by atoms with Crippen molar-refractivity contribution in [2.45, 2.75) is 0 Å². The van der Waals surface area contributed by atoms with Crippen molar-refractivity contribution in [1.29, 1.82) is 0 Å². The molecule has 0 spiro atoms. The number of nitrogens with zero attached hydrogens (tertiary/aromatic N) is 1. The second kappa shape index (κ2) is 5.00. The van der Waals surface area contributed by atoms with Gasteiger partial charge in [-0.15, -0.1) is 0 Å². The Bertz CT molecular complexity index is 1200. The molecule has 5 rings (SSSR count). The van der Waals surface area contributed by atoms with Crippen LogP contribution < -0.4 is 5.46 Å². The van der Waals surface area contributed by atoms with Crippen molar-refractivity contribution >= 4 is 45.9 Å². The predicted octanol–water partition coefficient (Wildman–Crippen LogP) is 4.73. The van der Waals surface area contributed by atoms with Crippen LogP contribution in [0.4, 0.5) is 0 Å². The number of hydrogen-bond donors (Lipinski definition) is 0. The van der Waals surface area contributed by atoms with Crippen molar-refractivity contribution < 1.29 is 0 Å². The van der Waals surface area contributed by atoms with Gasteiger partial charge in [0.1, 0.15) is 7.85 Å². The van der Waals surface area contributed by atoms with E-state index in [1.165, 1.54) is 32.9 Å². The highest BCUT2D eigenvalue weighted by molar-refractivity contribution is 6.42. The van der Waals surface area contributed by atoms with Crippen molar-refractivity contribution in [1.82, 2.24) is 4.57 Å². The summed E-state index contributed by atoms with van der Waals surface area (Å²) in [7, 11) is 6.35. The summed E-state index contributed by atoms with van der Waals surface area (Å²) in [5.41, 5.74) is 4.41. The molecule has 0 aliphatic rings. The number of para-hydroxylation sites is 2. The fourth-order valence-electron chi connectivity index (χ4n) is 3.70. The average molecular weight is 303 g/mol. The van der Waals surface area contributed by atoms with Gasteiger partial charge in [0.25, 0.3) is 0 Å². The van der Waals surface area contributed by atoms with Crippen LogP contribution >= 0.6 is 0 Å². The third-order valence-corrected chi connectivity index (χ3v) is 4.72. The number of rotatable bonds is 1. The average Bonchev–Trinajstić information content (AvgIpc) is 2.97. The normalized spacial score (nSPS) is 11.5. The van der Waals surface area contributed by atoms with E-state index in [1.807, 2.05) is 12.1 Å². The van der Waals surface area contributed by atoms with E-state index in [2.05, 4.69) is 77.4 Å². The van der Waals surface area contributed by atoms with Gasteiger partial charge < -0.3 is 4.57 Å². The van der Waals surface area contributed by atoms with Crippen LogP contribution in [-0.4, -0.2) is 12.4 Å². The Morgan fingerprint density at radius 1 is 0.583 bits per heavy atom. The van der Waals surface area contributed by atoms with Crippen molar-refractivity contribution in [3.63, 3.8) is 0 Å². The van der Waals surface area contributed by atoms with Crippen LogP contribution in [-0.2, 0) is 0 Å². The second-order valence-electron chi connectivity index (χ2n) is 6.10. The summed E-state index contributed by atoms with van der Waals surface area (Å²) in [6.45, 7) is 0. The summed E-state index contributed by atoms with van der Waals surface area (Å²) < 4.78 is 2.34. The standard InChI is InChI=1S/C22H14BN/c23-20-14-19-17-11-6-7-13-21(17)24(15-8-2-1-3-9-15)22(19)18-12-5-4-10-16(18)20/h1-14H. The first-order chi connectivity index (χ1) is 11.8. The topological polar surface area (TPSA) is 4.93 Å². The predicted molar refractivity (Wildman–Crippen MR) is 104 cm³/mol. The van der Waals surface area contributed by atoms with E-state index in [9.17, 15) is 0 Å². The molecule has 2 heteroatoms. The van der Waals surface area contributed by atoms with Gasteiger partial charge in [-0.05, 0) is 23.6 Å². The lowest BCUT2D eigenvalue weighted by atomic mass is 9.88. The monoisotopic (exact) mass is 303 g/mol. The fraction of sp³-hybridized carbons (Fsp3) is 0. The molecule has 0 aliphatic heterocycles. The Labute approximate surface area is 141 Å². The molecular weight excluding hydrogens is 289 g/mol. The smallest absolute Gasteiger partial charge is 0.114 e. The number of fused-ring (bicyclic) bond motifs is 5. The van der Waals surface area contributed by atoms with E-state index in [1.54, 1.807) is 0 Å². The molecule has 1 heterocycles. The lowest BCUT2D eigenvalue weighted by molar-refractivity contribution is 1.19. The third kappa shape index (κ3) is 1.77. The molecule has 0 atom stereocenters. The van der Waals surface area contributed by atoms with Crippen molar-refractivity contribution in [2.24, 2.45) is 0 Å². The number of benzene rings is 4. The molecule has 0 unspecified atom stereocenters. The Kier molecular flexibility index (Phi) is 2.80. The maximum absolute atomic E-state index is 6.35. The van der Waals surface area contributed by atoms with E-state index >= 15 is 0 Å². The van der Waals surface area contributed by atoms with Crippen LogP contribution in [0.2, 0.25) is 0 Å². The zero-order chi connectivity index (χ0) is 16.1. The van der Waals surface area contributed by atoms with E-state index in [-0.39, 0.29) is 0 Å². The van der Waals surface area contributed by atoms with Crippen LogP contribution in [0.25, 0.3) is 38.3 Å². The van der Waals surface area contributed by atoms with E-state index < -0.39 is 0 Å². The summed E-state index contributed by atoms with van der Waals surface area (Å²) in [5.74, 6) is 0. The Hall–Kier alpha value is -3.00. The van der Waals surface area contributed by atoms with Crippen LogP contribution in [0, 0.1) is 0 Å². The van der Waals surface area contributed by atoms with Crippen molar-refractivity contribution in [2.75, 3.05) is 0 Å². The van der Waals surface area contributed by atoms with Crippen molar-refractivity contribution in [3.05, 3.63) is 84.9 Å². The molecule has 0 saturated carbocycles. The quantitative estimate of drug-likeness (QED) is 0.394. The highest BCUT2D eigenvalue weighted by Gasteiger charge is 2.15. The SMILES string of the molecule is [B]c1cc2c3ccccc3n(-c3ccccc3)c2c2ccccc12. The Balaban J connectivity index is 2.12. The van der Waals surface area contributed by atoms with Gasteiger partial charge in [0.05, 0.1) is 11.0 Å². The minimum Gasteiger partial charge on any atom is -0.309 e. The van der Waals surface area contributed by atoms with Crippen LogP contribution in [0.15, 0.2) is 84.9 Å². The van der Waals surface area contributed by atoms with Gasteiger partial charge in [-0.2, -0.15) is 0 Å². The first-order valence-electron chi connectivity index (χ1n) is 8.10. The van der Waals surface area contributed by atoms with Gasteiger partial charge in [0, 0.05) is 21.8 Å². The summed E-state index contributed by atoms with van der Waals surface area (Å²) in [6.07, 6.45) is 0. The molecule has 2 radical (unpaired) electrons. The molecule has 0 N–H and O–H groups in total. The number of aromatic nitrogens is 1. The Morgan fingerprint density at radius 3 is 2.00 bits per heavy atom. The van der Waals surface area contributed by atoms with Crippen molar-refractivity contribution in [3.8, 4) is 5.69 Å². The van der Waals surface area contributed by atoms with Gasteiger partial charge in [-0.25, -0.2) is 0 Å². The molecule has 110 valence electrons. The lowest BCUT2D eigenvalue weighted by Gasteiger charge is -2.11. The molecule has 1 nitrogen and oxygen atoms in total. The highest BCUT2D eigenvalue weighted by atomic mass is 15.0. The minimum absolute atomic E-state index is 0.828. The van der Waals surface area contributed by atoms with Gasteiger partial charge in [-0.3, -0.25) is 0 Å². The third-order valence-electron chi connectivity index (χ3n) is 4.72. The molecule has 0 saturated heterocycles. The maximum Gasteiger partial charge on any atom is 0.114 e. The second-order valence-corrected chi connectivity index (χ2v) is 6.10. The minimum atomic E-state index is 0.828. The zero-order valence-corrected chi connectivity index (χ0v) is 13.1. The molecule has 0 amide bonds. The molecular formula is C22H14BN. The molecule has 4 aromatic carbocycles. The summed E-state index contributed by atoms with van der Waals surface area (Å²) in [6, 6.07) is 29.5. The van der Waals surface area contributed by atoms with Crippen LogP contribution in [0.3, 0.4) is 0 Å². The summed E-state index contributed by atoms with van der Waals surface area (Å²) in [4.78, 5) is 0. The van der Waals surface area contributed by atoms with Gasteiger partial charge >= 0.3 is 0 Å². The zero-order valence-electron chi connectivity index (χ0n) is 13.1. The first kappa shape index (κ1) is 13.4. The summed E-state index contributed by atoms with van der Waals surface area (Å²) >= 11 is 0. The van der Waals surface area contributed by atoms with Crippen LogP contribution in [0.5, 0.6) is 0 Å². The molecule has 24 heavy (non-hydrogen) atoms. The van der Waals surface area contributed by atoms with E-state index in [0.717, 1.165) is 10.8 Å². The lowest BCUT2D eigenvalue weighted by Crippen LogP contribution is -2.04. The van der Waals surface area contributed by atoms with E-state index in [4.69, 9.17) is 7.85 Å². The van der Waals surface area contributed by atoms with Gasteiger partial charge in [0.2, 0.25) is 0 Å². The Morgan fingerprint density at radius 2 is 1.21 bits per heavy atom. The first-order valence-corrected chi connectivity index (χ1v) is 8.10. The van der Waals surface area contributed by atoms with Gasteiger partial charge in [0.15, 0.2) is 0 Å². The number of hydrogen-bond acceptors (Lipinski definition) is 0. The highest BCUT2D eigenvalue weighted by Crippen LogP contribution is 2.35. The molecule has 0 fully saturated rings. The fourth-order valence-corrected chi connectivity index (χ4v) is 3.70.